The van der Waals surface area contributed by atoms with Gasteiger partial charge in [-0.05, 0) is 24.5 Å². The van der Waals surface area contributed by atoms with Gasteiger partial charge in [-0.15, -0.1) is 0 Å². The highest BCUT2D eigenvalue weighted by Crippen LogP contribution is 2.31. The Morgan fingerprint density at radius 1 is 1.09 bits per heavy atom. The minimum absolute atomic E-state index is 0.0891. The summed E-state index contributed by atoms with van der Waals surface area (Å²) in [7, 11) is 0. The van der Waals surface area contributed by atoms with Gasteiger partial charge in [0.2, 0.25) is 5.95 Å². The molecule has 0 bridgehead atoms. The molecule has 1 saturated carbocycles. The van der Waals surface area contributed by atoms with Crippen LogP contribution in [0.15, 0.2) is 47.4 Å². The lowest BCUT2D eigenvalue weighted by molar-refractivity contribution is 0.0398. The van der Waals surface area contributed by atoms with E-state index in [9.17, 15) is 4.79 Å². The van der Waals surface area contributed by atoms with Gasteiger partial charge in [-0.25, -0.2) is 4.98 Å². The molecular formula is C25H31N5O2. The summed E-state index contributed by atoms with van der Waals surface area (Å²) in [6.45, 7) is 5.22. The van der Waals surface area contributed by atoms with Crippen LogP contribution in [0.4, 0.5) is 5.95 Å². The van der Waals surface area contributed by atoms with Gasteiger partial charge in [0.25, 0.3) is 5.56 Å². The smallest absolute Gasteiger partial charge is 0.256 e. The molecule has 2 aromatic heterocycles. The molecule has 0 unspecified atom stereocenters. The molecule has 7 heteroatoms. The summed E-state index contributed by atoms with van der Waals surface area (Å²) in [5, 5.41) is 4.29. The van der Waals surface area contributed by atoms with Crippen molar-refractivity contribution in [1.82, 2.24) is 19.4 Å². The molecular weight excluding hydrogens is 402 g/mol. The van der Waals surface area contributed by atoms with Crippen LogP contribution in [0.5, 0.6) is 0 Å². The van der Waals surface area contributed by atoms with E-state index in [-0.39, 0.29) is 11.6 Å². The van der Waals surface area contributed by atoms with Gasteiger partial charge < -0.3 is 10.1 Å². The maximum absolute atomic E-state index is 13.6. The largest absolute Gasteiger partial charge is 0.379 e. The Morgan fingerprint density at radius 2 is 1.88 bits per heavy atom. The Morgan fingerprint density at radius 3 is 2.66 bits per heavy atom. The Bertz CT molecular complexity index is 1100. The van der Waals surface area contributed by atoms with Gasteiger partial charge in [0, 0.05) is 55.8 Å². The lowest BCUT2D eigenvalue weighted by atomic mass is 10.0. The predicted octanol–water partition coefficient (Wildman–Crippen LogP) is 3.24. The Hall–Kier alpha value is -2.77. The monoisotopic (exact) mass is 433 g/mol. The predicted molar refractivity (Wildman–Crippen MR) is 126 cm³/mol. The fraction of sp³-hybridized carbons (Fsp3) is 0.480. The van der Waals surface area contributed by atoms with Crippen molar-refractivity contribution < 1.29 is 4.74 Å². The number of pyridine rings is 1. The van der Waals surface area contributed by atoms with E-state index in [0.29, 0.717) is 12.4 Å². The number of benzene rings is 1. The first kappa shape index (κ1) is 21.1. The average Bonchev–Trinajstić information content (AvgIpc) is 3.36. The molecule has 168 valence electrons. The minimum Gasteiger partial charge on any atom is -0.379 e. The number of fused-ring (bicyclic) bond motifs is 1. The minimum atomic E-state index is 0.0891. The van der Waals surface area contributed by atoms with E-state index < -0.39 is 0 Å². The van der Waals surface area contributed by atoms with E-state index in [4.69, 9.17) is 9.72 Å². The number of anilines is 1. The van der Waals surface area contributed by atoms with Crippen molar-refractivity contribution in [1.29, 1.82) is 0 Å². The zero-order valence-corrected chi connectivity index (χ0v) is 18.5. The van der Waals surface area contributed by atoms with Crippen molar-refractivity contribution in [3.05, 3.63) is 64.1 Å². The molecule has 0 atom stereocenters. The third kappa shape index (κ3) is 4.69. The first-order valence-corrected chi connectivity index (χ1v) is 11.8. The van der Waals surface area contributed by atoms with E-state index in [1.165, 1.54) is 0 Å². The van der Waals surface area contributed by atoms with Gasteiger partial charge in [-0.1, -0.05) is 43.2 Å². The van der Waals surface area contributed by atoms with Gasteiger partial charge in [-0.3, -0.25) is 14.3 Å². The normalized spacial score (nSPS) is 17.8. The number of hydrogen-bond acceptors (Lipinski definition) is 6. The molecule has 0 amide bonds. The van der Waals surface area contributed by atoms with Gasteiger partial charge in [-0.2, -0.15) is 4.98 Å². The molecule has 32 heavy (non-hydrogen) atoms. The maximum Gasteiger partial charge on any atom is 0.256 e. The third-order valence-corrected chi connectivity index (χ3v) is 6.59. The Labute approximate surface area is 188 Å². The van der Waals surface area contributed by atoms with Crippen LogP contribution in [0.1, 0.15) is 42.9 Å². The van der Waals surface area contributed by atoms with E-state index >= 15 is 0 Å². The zero-order valence-electron chi connectivity index (χ0n) is 18.5. The molecule has 5 rings (SSSR count). The van der Waals surface area contributed by atoms with Gasteiger partial charge in [0.05, 0.1) is 13.2 Å². The number of aromatic nitrogens is 3. The summed E-state index contributed by atoms with van der Waals surface area (Å²) < 4.78 is 7.37. The summed E-state index contributed by atoms with van der Waals surface area (Å²) in [6, 6.07) is 12.4. The third-order valence-electron chi connectivity index (χ3n) is 6.59. The molecule has 3 heterocycles. The highest BCUT2D eigenvalue weighted by molar-refractivity contribution is 5.76. The van der Waals surface area contributed by atoms with Crippen molar-refractivity contribution in [3.63, 3.8) is 0 Å². The van der Waals surface area contributed by atoms with Crippen LogP contribution in [0.2, 0.25) is 0 Å². The summed E-state index contributed by atoms with van der Waals surface area (Å²) in [4.78, 5) is 25.3. The highest BCUT2D eigenvalue weighted by Gasteiger charge is 2.23. The molecule has 2 aliphatic rings. The fourth-order valence-corrected chi connectivity index (χ4v) is 4.86. The van der Waals surface area contributed by atoms with Crippen LogP contribution in [0.3, 0.4) is 0 Å². The second-order valence-electron chi connectivity index (χ2n) is 8.80. The molecule has 0 radical (unpaired) electrons. The molecule has 1 aliphatic carbocycles. The first-order valence-electron chi connectivity index (χ1n) is 11.8. The standard InChI is InChI=1S/C25H31N5O2/c31-24-20(16-19-6-2-1-3-7-19)17-21-18-27-25(26-10-11-29-12-14-32-15-13-29)28-23(21)30(24)22-8-4-5-9-22/h1-3,6-7,17-18,22H,4-5,8-16H2,(H,26,27,28). The van der Waals surface area contributed by atoms with Crippen LogP contribution in [-0.4, -0.2) is 58.8 Å². The molecule has 1 saturated heterocycles. The van der Waals surface area contributed by atoms with Gasteiger partial charge >= 0.3 is 0 Å². The number of nitrogens with zero attached hydrogens (tertiary/aromatic N) is 4. The number of ether oxygens (including phenoxy) is 1. The lowest BCUT2D eigenvalue weighted by Gasteiger charge is -2.26. The van der Waals surface area contributed by atoms with Gasteiger partial charge in [0.15, 0.2) is 0 Å². The molecule has 2 fully saturated rings. The second kappa shape index (κ2) is 9.79. The van der Waals surface area contributed by atoms with Crippen LogP contribution < -0.4 is 10.9 Å². The number of morpholine rings is 1. The van der Waals surface area contributed by atoms with E-state index in [0.717, 1.165) is 87.2 Å². The number of rotatable bonds is 7. The van der Waals surface area contributed by atoms with Crippen LogP contribution in [0, 0.1) is 0 Å². The van der Waals surface area contributed by atoms with E-state index in [2.05, 4.69) is 27.3 Å². The Balaban J connectivity index is 1.43. The first-order chi connectivity index (χ1) is 15.8. The molecule has 7 nitrogen and oxygen atoms in total. The average molecular weight is 434 g/mol. The summed E-state index contributed by atoms with van der Waals surface area (Å²) >= 11 is 0. The topological polar surface area (TPSA) is 72.3 Å². The fourth-order valence-electron chi connectivity index (χ4n) is 4.86. The maximum atomic E-state index is 13.6. The SMILES string of the molecule is O=c1c(Cc2ccccc2)cc2cnc(NCCN3CCOCC3)nc2n1C1CCCC1. The molecule has 1 aliphatic heterocycles. The molecule has 3 aromatic rings. The Kier molecular flexibility index (Phi) is 6.46. The van der Waals surface area contributed by atoms with Crippen LogP contribution in [0.25, 0.3) is 11.0 Å². The highest BCUT2D eigenvalue weighted by atomic mass is 16.5. The van der Waals surface area contributed by atoms with Crippen LogP contribution >= 0.6 is 0 Å². The number of hydrogen-bond donors (Lipinski definition) is 1. The van der Waals surface area contributed by atoms with E-state index in [1.807, 2.05) is 35.0 Å². The van der Waals surface area contributed by atoms with Crippen molar-refractivity contribution in [2.75, 3.05) is 44.7 Å². The number of nitrogens with one attached hydrogen (secondary N) is 1. The van der Waals surface area contributed by atoms with E-state index in [1.54, 1.807) is 0 Å². The summed E-state index contributed by atoms with van der Waals surface area (Å²) in [5.41, 5.74) is 2.80. The lowest BCUT2D eigenvalue weighted by Crippen LogP contribution is -2.39. The molecule has 1 aromatic carbocycles. The molecule has 1 N–H and O–H groups in total. The second-order valence-corrected chi connectivity index (χ2v) is 8.80. The van der Waals surface area contributed by atoms with Crippen molar-refractivity contribution in [2.45, 2.75) is 38.1 Å². The van der Waals surface area contributed by atoms with Gasteiger partial charge in [0.1, 0.15) is 5.65 Å². The molecule has 0 spiro atoms. The van der Waals surface area contributed by atoms with Crippen molar-refractivity contribution >= 4 is 17.0 Å². The van der Waals surface area contributed by atoms with Crippen molar-refractivity contribution in [3.8, 4) is 0 Å². The summed E-state index contributed by atoms with van der Waals surface area (Å²) in [5.74, 6) is 0.590. The quantitative estimate of drug-likeness (QED) is 0.617. The zero-order chi connectivity index (χ0) is 21.8. The van der Waals surface area contributed by atoms with Crippen LogP contribution in [-0.2, 0) is 11.2 Å². The van der Waals surface area contributed by atoms with Crippen molar-refractivity contribution in [2.24, 2.45) is 0 Å². The summed E-state index contributed by atoms with van der Waals surface area (Å²) in [6.07, 6.45) is 6.89.